The lowest BCUT2D eigenvalue weighted by atomic mass is 9.98. The maximum Gasteiger partial charge on any atom is 0.411 e. The number of rotatable bonds is 6. The maximum absolute atomic E-state index is 12.3. The standard InChI is InChI=1S/C15H29NO5/c1-5-6-7-20-12-8-15(10-17,11-18)16(9-12)13(19)21-14(2,3)4/h12,17-18H,5-11H2,1-4H3/t12-/m0/s1. The highest BCUT2D eigenvalue weighted by atomic mass is 16.6. The van der Waals surface area contributed by atoms with Gasteiger partial charge in [-0.15, -0.1) is 0 Å². The van der Waals surface area contributed by atoms with E-state index in [4.69, 9.17) is 9.47 Å². The van der Waals surface area contributed by atoms with Gasteiger partial charge in [0.2, 0.25) is 0 Å². The predicted molar refractivity (Wildman–Crippen MR) is 79.1 cm³/mol. The average Bonchev–Trinajstić information content (AvgIpc) is 2.77. The fourth-order valence-electron chi connectivity index (χ4n) is 2.44. The van der Waals surface area contributed by atoms with Gasteiger partial charge in [0.1, 0.15) is 5.60 Å². The van der Waals surface area contributed by atoms with E-state index in [2.05, 4.69) is 6.92 Å². The van der Waals surface area contributed by atoms with Gasteiger partial charge in [-0.3, -0.25) is 4.90 Å². The lowest BCUT2D eigenvalue weighted by Gasteiger charge is -2.35. The zero-order chi connectivity index (χ0) is 16.1. The number of nitrogens with zero attached hydrogens (tertiary/aromatic N) is 1. The molecular weight excluding hydrogens is 274 g/mol. The highest BCUT2D eigenvalue weighted by Gasteiger charge is 2.49. The maximum atomic E-state index is 12.3. The summed E-state index contributed by atoms with van der Waals surface area (Å²) in [5, 5.41) is 19.3. The van der Waals surface area contributed by atoms with Crippen LogP contribution in [0.1, 0.15) is 47.0 Å². The molecule has 1 heterocycles. The topological polar surface area (TPSA) is 79.2 Å². The number of aliphatic hydroxyl groups excluding tert-OH is 2. The van der Waals surface area contributed by atoms with Crippen LogP contribution in [0.5, 0.6) is 0 Å². The molecule has 0 aliphatic carbocycles. The molecule has 1 fully saturated rings. The van der Waals surface area contributed by atoms with Crippen molar-refractivity contribution in [2.75, 3.05) is 26.4 Å². The molecule has 0 bridgehead atoms. The first-order valence-corrected chi connectivity index (χ1v) is 7.62. The van der Waals surface area contributed by atoms with E-state index < -0.39 is 17.2 Å². The fraction of sp³-hybridized carbons (Fsp3) is 0.933. The molecule has 0 spiro atoms. The van der Waals surface area contributed by atoms with Crippen LogP contribution in [-0.4, -0.2) is 64.8 Å². The minimum absolute atomic E-state index is 0.177. The Morgan fingerprint density at radius 2 is 1.95 bits per heavy atom. The van der Waals surface area contributed by atoms with Crippen LogP contribution in [0.25, 0.3) is 0 Å². The molecule has 0 aromatic rings. The van der Waals surface area contributed by atoms with Gasteiger partial charge in [0.15, 0.2) is 0 Å². The molecule has 6 heteroatoms. The molecule has 0 aromatic carbocycles. The SMILES string of the molecule is CCCCO[C@@H]1CN(C(=O)OC(C)(C)C)C(CO)(CO)C1. The zero-order valence-corrected chi connectivity index (χ0v) is 13.6. The number of unbranched alkanes of at least 4 members (excludes halogenated alkanes) is 1. The third kappa shape index (κ3) is 4.83. The van der Waals surface area contributed by atoms with Crippen molar-refractivity contribution in [3.05, 3.63) is 0 Å². The van der Waals surface area contributed by atoms with Crippen molar-refractivity contribution >= 4 is 6.09 Å². The summed E-state index contributed by atoms with van der Waals surface area (Å²) in [5.74, 6) is 0. The van der Waals surface area contributed by atoms with Crippen molar-refractivity contribution in [1.29, 1.82) is 0 Å². The summed E-state index contributed by atoms with van der Waals surface area (Å²) in [6.07, 6.45) is 1.71. The number of hydrogen-bond donors (Lipinski definition) is 2. The molecule has 0 aromatic heterocycles. The summed E-state index contributed by atoms with van der Waals surface area (Å²) >= 11 is 0. The molecule has 0 radical (unpaired) electrons. The van der Waals surface area contributed by atoms with Crippen LogP contribution in [0.15, 0.2) is 0 Å². The number of carbonyl (C=O) groups is 1. The van der Waals surface area contributed by atoms with Gasteiger partial charge >= 0.3 is 6.09 Å². The molecular formula is C15H29NO5. The molecule has 1 atom stereocenters. The quantitative estimate of drug-likeness (QED) is 0.728. The second-order valence-electron chi connectivity index (χ2n) is 6.68. The van der Waals surface area contributed by atoms with Crippen molar-refractivity contribution in [3.63, 3.8) is 0 Å². The first-order chi connectivity index (χ1) is 9.78. The summed E-state index contributed by atoms with van der Waals surface area (Å²) in [5.41, 5.74) is -1.62. The number of carbonyl (C=O) groups excluding carboxylic acids is 1. The van der Waals surface area contributed by atoms with Gasteiger partial charge in [0, 0.05) is 13.0 Å². The summed E-state index contributed by atoms with van der Waals surface area (Å²) in [6, 6.07) is 0. The molecule has 1 aliphatic heterocycles. The van der Waals surface area contributed by atoms with Crippen LogP contribution in [0, 0.1) is 0 Å². The minimum atomic E-state index is -1.00. The highest BCUT2D eigenvalue weighted by Crippen LogP contribution is 2.32. The van der Waals surface area contributed by atoms with E-state index in [9.17, 15) is 15.0 Å². The summed E-state index contributed by atoms with van der Waals surface area (Å²) in [7, 11) is 0. The first-order valence-electron chi connectivity index (χ1n) is 7.62. The summed E-state index contributed by atoms with van der Waals surface area (Å²) in [4.78, 5) is 13.7. The van der Waals surface area contributed by atoms with Gasteiger partial charge in [-0.05, 0) is 27.2 Å². The Morgan fingerprint density at radius 1 is 1.33 bits per heavy atom. The minimum Gasteiger partial charge on any atom is -0.444 e. The van der Waals surface area contributed by atoms with Crippen molar-refractivity contribution < 1.29 is 24.5 Å². The van der Waals surface area contributed by atoms with Crippen LogP contribution < -0.4 is 0 Å². The molecule has 1 amide bonds. The summed E-state index contributed by atoms with van der Waals surface area (Å²) < 4.78 is 11.1. The summed E-state index contributed by atoms with van der Waals surface area (Å²) in [6.45, 7) is 7.78. The van der Waals surface area contributed by atoms with E-state index in [1.54, 1.807) is 20.8 Å². The third-order valence-electron chi connectivity index (χ3n) is 3.62. The van der Waals surface area contributed by atoms with Crippen molar-refractivity contribution in [2.45, 2.75) is 64.2 Å². The molecule has 21 heavy (non-hydrogen) atoms. The predicted octanol–water partition coefficient (Wildman–Crippen LogP) is 1.54. The smallest absolute Gasteiger partial charge is 0.411 e. The molecule has 1 saturated heterocycles. The van der Waals surface area contributed by atoms with Crippen LogP contribution in [0.4, 0.5) is 4.79 Å². The van der Waals surface area contributed by atoms with Gasteiger partial charge in [0.05, 0.1) is 31.4 Å². The number of amides is 1. The Labute approximate surface area is 127 Å². The highest BCUT2D eigenvalue weighted by molar-refractivity contribution is 5.70. The van der Waals surface area contributed by atoms with E-state index in [1.165, 1.54) is 4.90 Å². The second kappa shape index (κ2) is 7.42. The Morgan fingerprint density at radius 3 is 2.43 bits per heavy atom. The Bertz CT molecular complexity index is 335. The van der Waals surface area contributed by atoms with Gasteiger partial charge in [-0.1, -0.05) is 13.3 Å². The number of aliphatic hydroxyl groups is 2. The lowest BCUT2D eigenvalue weighted by Crippen LogP contribution is -2.53. The van der Waals surface area contributed by atoms with Gasteiger partial charge < -0.3 is 19.7 Å². The lowest BCUT2D eigenvalue weighted by molar-refractivity contribution is -0.0213. The normalized spacial score (nSPS) is 21.6. The molecule has 6 nitrogen and oxygen atoms in total. The molecule has 0 unspecified atom stereocenters. The number of likely N-dealkylation sites (tertiary alicyclic amines) is 1. The molecule has 124 valence electrons. The monoisotopic (exact) mass is 303 g/mol. The van der Waals surface area contributed by atoms with E-state index in [0.717, 1.165) is 12.8 Å². The van der Waals surface area contributed by atoms with Gasteiger partial charge in [-0.2, -0.15) is 0 Å². The van der Waals surface area contributed by atoms with Crippen molar-refractivity contribution in [3.8, 4) is 0 Å². The van der Waals surface area contributed by atoms with E-state index in [-0.39, 0.29) is 19.3 Å². The van der Waals surface area contributed by atoms with E-state index in [1.807, 2.05) is 0 Å². The average molecular weight is 303 g/mol. The van der Waals surface area contributed by atoms with Crippen LogP contribution in [0.2, 0.25) is 0 Å². The van der Waals surface area contributed by atoms with Gasteiger partial charge in [0.25, 0.3) is 0 Å². The van der Waals surface area contributed by atoms with E-state index >= 15 is 0 Å². The van der Waals surface area contributed by atoms with Crippen molar-refractivity contribution in [1.82, 2.24) is 4.90 Å². The van der Waals surface area contributed by atoms with E-state index in [0.29, 0.717) is 19.6 Å². The molecule has 1 rings (SSSR count). The Balaban J connectivity index is 2.76. The second-order valence-corrected chi connectivity index (χ2v) is 6.68. The van der Waals surface area contributed by atoms with Crippen LogP contribution in [0.3, 0.4) is 0 Å². The van der Waals surface area contributed by atoms with Crippen LogP contribution >= 0.6 is 0 Å². The Hall–Kier alpha value is -0.850. The third-order valence-corrected chi connectivity index (χ3v) is 3.62. The van der Waals surface area contributed by atoms with Crippen LogP contribution in [-0.2, 0) is 9.47 Å². The van der Waals surface area contributed by atoms with Gasteiger partial charge in [-0.25, -0.2) is 4.79 Å². The zero-order valence-electron chi connectivity index (χ0n) is 13.6. The number of hydrogen-bond acceptors (Lipinski definition) is 5. The fourth-order valence-corrected chi connectivity index (χ4v) is 2.44. The van der Waals surface area contributed by atoms with Crippen molar-refractivity contribution in [2.24, 2.45) is 0 Å². The molecule has 0 saturated carbocycles. The first kappa shape index (κ1) is 18.2. The molecule has 2 N–H and O–H groups in total. The Kier molecular flexibility index (Phi) is 6.43. The number of ether oxygens (including phenoxy) is 2. The molecule has 1 aliphatic rings. The largest absolute Gasteiger partial charge is 0.444 e.